The van der Waals surface area contributed by atoms with Crippen molar-refractivity contribution < 1.29 is 27.5 Å². The lowest BCUT2D eigenvalue weighted by atomic mass is 10.1. The molecule has 2 rings (SSSR count). The molecule has 0 unspecified atom stereocenters. The standard InChI is InChI=1S/C20H24N2O6S/c1-13-10-11-15(29(25,26)22(3)4)12-16(13)20(24)28-14(2)19(23)21-17-8-6-7-9-18(17)27-5/h6-12,14H,1-5H3,(H,21,23)/t14-/m1/s1. The van der Waals surface area contributed by atoms with E-state index in [1.54, 1.807) is 31.2 Å². The van der Waals surface area contributed by atoms with Gasteiger partial charge in [-0.05, 0) is 43.7 Å². The number of rotatable bonds is 7. The number of esters is 1. The minimum Gasteiger partial charge on any atom is -0.495 e. The van der Waals surface area contributed by atoms with Gasteiger partial charge in [-0.25, -0.2) is 17.5 Å². The summed E-state index contributed by atoms with van der Waals surface area (Å²) in [6.45, 7) is 3.08. The van der Waals surface area contributed by atoms with Gasteiger partial charge in [-0.1, -0.05) is 18.2 Å². The van der Waals surface area contributed by atoms with Crippen LogP contribution in [0, 0.1) is 6.92 Å². The van der Waals surface area contributed by atoms with Crippen LogP contribution in [0.2, 0.25) is 0 Å². The van der Waals surface area contributed by atoms with E-state index in [2.05, 4.69) is 5.32 Å². The number of hydrogen-bond acceptors (Lipinski definition) is 6. The number of sulfonamides is 1. The number of amides is 1. The largest absolute Gasteiger partial charge is 0.495 e. The predicted octanol–water partition coefficient (Wildman–Crippen LogP) is 2.44. The Morgan fingerprint density at radius 2 is 1.76 bits per heavy atom. The number of methoxy groups -OCH3 is 1. The van der Waals surface area contributed by atoms with Gasteiger partial charge in [0.05, 0.1) is 23.3 Å². The Hall–Kier alpha value is -2.91. The van der Waals surface area contributed by atoms with E-state index in [0.717, 1.165) is 4.31 Å². The molecular weight excluding hydrogens is 396 g/mol. The van der Waals surface area contributed by atoms with Crippen molar-refractivity contribution in [2.24, 2.45) is 0 Å². The van der Waals surface area contributed by atoms with Crippen LogP contribution in [-0.4, -0.2) is 51.9 Å². The first-order valence-corrected chi connectivity index (χ1v) is 10.2. The van der Waals surface area contributed by atoms with Gasteiger partial charge in [0.2, 0.25) is 10.0 Å². The van der Waals surface area contributed by atoms with E-state index in [0.29, 0.717) is 17.0 Å². The quantitative estimate of drug-likeness (QED) is 0.691. The third-order valence-electron chi connectivity index (χ3n) is 4.23. The maximum Gasteiger partial charge on any atom is 0.339 e. The van der Waals surface area contributed by atoms with Crippen LogP contribution in [0.25, 0.3) is 0 Å². The van der Waals surface area contributed by atoms with Gasteiger partial charge in [0.1, 0.15) is 5.75 Å². The molecule has 0 saturated heterocycles. The first-order chi connectivity index (χ1) is 13.6. The summed E-state index contributed by atoms with van der Waals surface area (Å²) in [6.07, 6.45) is -1.11. The highest BCUT2D eigenvalue weighted by Gasteiger charge is 2.24. The highest BCUT2D eigenvalue weighted by Crippen LogP contribution is 2.24. The van der Waals surface area contributed by atoms with Gasteiger partial charge in [-0.15, -0.1) is 0 Å². The summed E-state index contributed by atoms with van der Waals surface area (Å²) in [4.78, 5) is 24.9. The predicted molar refractivity (Wildman–Crippen MR) is 109 cm³/mol. The highest BCUT2D eigenvalue weighted by molar-refractivity contribution is 7.89. The van der Waals surface area contributed by atoms with Gasteiger partial charge >= 0.3 is 5.97 Å². The number of nitrogens with one attached hydrogen (secondary N) is 1. The van der Waals surface area contributed by atoms with Crippen molar-refractivity contribution in [1.82, 2.24) is 4.31 Å². The second-order valence-electron chi connectivity index (χ2n) is 6.50. The van der Waals surface area contributed by atoms with Gasteiger partial charge in [0, 0.05) is 14.1 Å². The van der Waals surface area contributed by atoms with E-state index in [9.17, 15) is 18.0 Å². The number of aryl methyl sites for hydroxylation is 1. The number of anilines is 1. The smallest absolute Gasteiger partial charge is 0.339 e. The van der Waals surface area contributed by atoms with Gasteiger partial charge in [-0.2, -0.15) is 0 Å². The summed E-state index contributed by atoms with van der Waals surface area (Å²) in [5.74, 6) is -0.865. The number of carbonyl (C=O) groups is 2. The van der Waals surface area contributed by atoms with E-state index >= 15 is 0 Å². The Labute approximate surface area is 170 Å². The highest BCUT2D eigenvalue weighted by atomic mass is 32.2. The van der Waals surface area contributed by atoms with Crippen molar-refractivity contribution >= 4 is 27.6 Å². The first-order valence-electron chi connectivity index (χ1n) is 8.76. The minimum atomic E-state index is -3.71. The van der Waals surface area contributed by atoms with E-state index in [1.165, 1.54) is 46.3 Å². The normalized spacial score (nSPS) is 12.3. The Bertz CT molecular complexity index is 1020. The lowest BCUT2D eigenvalue weighted by Crippen LogP contribution is -2.30. The summed E-state index contributed by atoms with van der Waals surface area (Å²) in [5, 5.41) is 2.64. The number of carbonyl (C=O) groups excluding carboxylic acids is 2. The summed E-state index contributed by atoms with van der Waals surface area (Å²) in [5.41, 5.74) is 1.05. The molecule has 9 heteroatoms. The monoisotopic (exact) mass is 420 g/mol. The second-order valence-corrected chi connectivity index (χ2v) is 8.65. The first kappa shape index (κ1) is 22.4. The molecule has 1 N–H and O–H groups in total. The molecule has 1 amide bonds. The Morgan fingerprint density at radius 1 is 1.10 bits per heavy atom. The Morgan fingerprint density at radius 3 is 2.38 bits per heavy atom. The molecule has 0 aliphatic rings. The van der Waals surface area contributed by atoms with Crippen LogP contribution in [0.1, 0.15) is 22.8 Å². The third kappa shape index (κ3) is 5.12. The zero-order chi connectivity index (χ0) is 21.8. The van der Waals surface area contributed by atoms with Crippen molar-refractivity contribution in [2.75, 3.05) is 26.5 Å². The van der Waals surface area contributed by atoms with Crippen LogP contribution in [-0.2, 0) is 19.6 Å². The van der Waals surface area contributed by atoms with Gasteiger partial charge < -0.3 is 14.8 Å². The SMILES string of the molecule is COc1ccccc1NC(=O)[C@@H](C)OC(=O)c1cc(S(=O)(=O)N(C)C)ccc1C. The maximum absolute atomic E-state index is 12.6. The van der Waals surface area contributed by atoms with Gasteiger partial charge in [-0.3, -0.25) is 4.79 Å². The molecule has 0 spiro atoms. The van der Waals surface area contributed by atoms with Crippen LogP contribution < -0.4 is 10.1 Å². The van der Waals surface area contributed by atoms with Crippen LogP contribution in [0.3, 0.4) is 0 Å². The molecule has 0 bridgehead atoms. The molecule has 0 heterocycles. The number of benzene rings is 2. The molecule has 0 fully saturated rings. The van der Waals surface area contributed by atoms with Crippen LogP contribution in [0.4, 0.5) is 5.69 Å². The molecule has 1 atom stereocenters. The van der Waals surface area contributed by atoms with Crippen molar-refractivity contribution in [3.63, 3.8) is 0 Å². The van der Waals surface area contributed by atoms with Gasteiger partial charge in [0.15, 0.2) is 6.10 Å². The molecule has 0 aliphatic carbocycles. The molecule has 2 aromatic rings. The molecule has 0 radical (unpaired) electrons. The van der Waals surface area contributed by atoms with Crippen LogP contribution in [0.15, 0.2) is 47.4 Å². The van der Waals surface area contributed by atoms with Crippen LogP contribution in [0.5, 0.6) is 5.75 Å². The molecule has 0 aliphatic heterocycles. The average Bonchev–Trinajstić information content (AvgIpc) is 2.68. The number of hydrogen-bond donors (Lipinski definition) is 1. The molecule has 29 heavy (non-hydrogen) atoms. The van der Waals surface area contributed by atoms with E-state index in [1.807, 2.05) is 0 Å². The molecular formula is C20H24N2O6S. The Balaban J connectivity index is 2.18. The molecule has 2 aromatic carbocycles. The zero-order valence-corrected chi connectivity index (χ0v) is 17.7. The van der Waals surface area contributed by atoms with Crippen molar-refractivity contribution in [2.45, 2.75) is 24.8 Å². The number of ether oxygens (including phenoxy) is 2. The summed E-state index contributed by atoms with van der Waals surface area (Å²) >= 11 is 0. The Kier molecular flexibility index (Phi) is 6.99. The van der Waals surface area contributed by atoms with Crippen LogP contribution >= 0.6 is 0 Å². The summed E-state index contributed by atoms with van der Waals surface area (Å²) in [6, 6.07) is 11.0. The zero-order valence-electron chi connectivity index (χ0n) is 16.9. The molecule has 0 saturated carbocycles. The van der Waals surface area contributed by atoms with Crippen molar-refractivity contribution in [3.05, 3.63) is 53.6 Å². The summed E-state index contributed by atoms with van der Waals surface area (Å²) < 4.78 is 36.1. The maximum atomic E-state index is 12.6. The molecule has 0 aromatic heterocycles. The van der Waals surface area contributed by atoms with Crippen molar-refractivity contribution in [3.8, 4) is 5.75 Å². The van der Waals surface area contributed by atoms with Crippen molar-refractivity contribution in [1.29, 1.82) is 0 Å². The lowest BCUT2D eigenvalue weighted by molar-refractivity contribution is -0.123. The average molecular weight is 420 g/mol. The number of para-hydroxylation sites is 2. The molecule has 156 valence electrons. The number of nitrogens with zero attached hydrogens (tertiary/aromatic N) is 1. The van der Waals surface area contributed by atoms with E-state index in [-0.39, 0.29) is 10.5 Å². The fourth-order valence-corrected chi connectivity index (χ4v) is 3.38. The van der Waals surface area contributed by atoms with Gasteiger partial charge in [0.25, 0.3) is 5.91 Å². The van der Waals surface area contributed by atoms with E-state index in [4.69, 9.17) is 9.47 Å². The summed E-state index contributed by atoms with van der Waals surface area (Å²) in [7, 11) is 0.568. The topological polar surface area (TPSA) is 102 Å². The lowest BCUT2D eigenvalue weighted by Gasteiger charge is -2.17. The second kappa shape index (κ2) is 9.06. The minimum absolute atomic E-state index is 0.0359. The molecule has 8 nitrogen and oxygen atoms in total. The van der Waals surface area contributed by atoms with E-state index < -0.39 is 28.0 Å². The fraction of sp³-hybridized carbons (Fsp3) is 0.300. The fourth-order valence-electron chi connectivity index (χ4n) is 2.45. The third-order valence-corrected chi connectivity index (χ3v) is 6.04.